The minimum absolute atomic E-state index is 0.0268. The second-order valence-electron chi connectivity index (χ2n) is 5.05. The van der Waals surface area contributed by atoms with Crippen molar-refractivity contribution in [1.82, 2.24) is 0 Å². The third-order valence-electron chi connectivity index (χ3n) is 3.37. The van der Waals surface area contributed by atoms with Crippen LogP contribution in [0.15, 0.2) is 6.07 Å². The molecule has 1 amide bonds. The van der Waals surface area contributed by atoms with Gasteiger partial charge < -0.3 is 19.5 Å². The Kier molecular flexibility index (Phi) is 10.2. The summed E-state index contributed by atoms with van der Waals surface area (Å²) in [5.74, 6) is -0.312. The molecule has 0 aromatic heterocycles. The van der Waals surface area contributed by atoms with Crippen LogP contribution in [0, 0.1) is 10.7 Å². The number of aliphatic carboxylic acids is 1. The Bertz CT molecular complexity index is 639. The molecule has 0 saturated carbocycles. The lowest BCUT2D eigenvalue weighted by Gasteiger charge is -2.24. The van der Waals surface area contributed by atoms with E-state index in [2.05, 4.69) is 67.8 Å². The first-order valence-electron chi connectivity index (χ1n) is 7.67. The van der Waals surface area contributed by atoms with Gasteiger partial charge in [0.05, 0.1) is 19.4 Å². The Morgan fingerprint density at radius 1 is 1.20 bits per heavy atom. The summed E-state index contributed by atoms with van der Waals surface area (Å²) >= 11 is 6.59. The van der Waals surface area contributed by atoms with Crippen LogP contribution in [0.2, 0.25) is 0 Å². The van der Waals surface area contributed by atoms with Gasteiger partial charge in [0.25, 0.3) is 0 Å². The number of carboxylic acids is 1. The van der Waals surface area contributed by atoms with E-state index in [0.29, 0.717) is 18.7 Å². The number of carbonyl (C=O) groups excluding carboxylic acids is 1. The minimum Gasteiger partial charge on any atom is -0.489 e. The van der Waals surface area contributed by atoms with Gasteiger partial charge in [0, 0.05) is 17.0 Å². The predicted molar refractivity (Wildman–Crippen MR) is 121 cm³/mol. The predicted octanol–water partition coefficient (Wildman–Crippen LogP) is 4.13. The molecule has 0 fully saturated rings. The van der Waals surface area contributed by atoms with Crippen molar-refractivity contribution in [2.75, 3.05) is 24.7 Å². The molecule has 0 aliphatic heterocycles. The lowest BCUT2D eigenvalue weighted by molar-refractivity contribution is -0.150. The topological polar surface area (TPSA) is 76.1 Å². The van der Waals surface area contributed by atoms with Crippen molar-refractivity contribution < 1.29 is 24.2 Å². The van der Waals surface area contributed by atoms with E-state index in [1.165, 1.54) is 0 Å². The number of amides is 1. The molecular formula is C16H20I3NO5. The zero-order valence-corrected chi connectivity index (χ0v) is 20.6. The molecule has 1 unspecified atom stereocenters. The average Bonchev–Trinajstić information content (AvgIpc) is 2.53. The summed E-state index contributed by atoms with van der Waals surface area (Å²) in [5.41, 5.74) is 0.838. The number of carboxylic acid groups (broad SMARTS) is 1. The molecule has 1 atom stereocenters. The molecule has 140 valence electrons. The maximum Gasteiger partial charge on any atom is 0.332 e. The zero-order chi connectivity index (χ0) is 19.1. The number of benzene rings is 1. The summed E-state index contributed by atoms with van der Waals surface area (Å²) < 4.78 is 13.9. The van der Waals surface area contributed by atoms with Gasteiger partial charge in [-0.05, 0) is 87.2 Å². The SMILES string of the molecule is CCC(OCCOc1c(I)cc(I)c(N(CC)C(C)=O)c1I)C(=O)O. The maximum atomic E-state index is 11.9. The molecule has 0 aliphatic rings. The van der Waals surface area contributed by atoms with Crippen molar-refractivity contribution in [2.45, 2.75) is 33.3 Å². The summed E-state index contributed by atoms with van der Waals surface area (Å²) in [6, 6.07) is 1.96. The van der Waals surface area contributed by atoms with Gasteiger partial charge in [-0.25, -0.2) is 4.79 Å². The van der Waals surface area contributed by atoms with Crippen molar-refractivity contribution in [2.24, 2.45) is 0 Å². The average molecular weight is 687 g/mol. The fraction of sp³-hybridized carbons (Fsp3) is 0.500. The summed E-state index contributed by atoms with van der Waals surface area (Å²) in [4.78, 5) is 24.6. The van der Waals surface area contributed by atoms with Gasteiger partial charge in [-0.15, -0.1) is 0 Å². The fourth-order valence-corrected chi connectivity index (χ4v) is 6.44. The molecule has 1 rings (SSSR count). The molecule has 9 heteroatoms. The Balaban J connectivity index is 2.93. The van der Waals surface area contributed by atoms with Crippen LogP contribution in [0.5, 0.6) is 5.75 Å². The summed E-state index contributed by atoms with van der Waals surface area (Å²) in [7, 11) is 0. The fourth-order valence-electron chi connectivity index (χ4n) is 2.18. The first-order valence-corrected chi connectivity index (χ1v) is 10.9. The number of nitrogens with zero attached hydrogens (tertiary/aromatic N) is 1. The highest BCUT2D eigenvalue weighted by Crippen LogP contribution is 2.39. The van der Waals surface area contributed by atoms with Crippen LogP contribution in [0.3, 0.4) is 0 Å². The highest BCUT2D eigenvalue weighted by molar-refractivity contribution is 14.1. The van der Waals surface area contributed by atoms with Crippen molar-refractivity contribution >= 4 is 85.3 Å². The molecule has 0 saturated heterocycles. The largest absolute Gasteiger partial charge is 0.489 e. The normalized spacial score (nSPS) is 11.9. The van der Waals surface area contributed by atoms with E-state index in [-0.39, 0.29) is 19.1 Å². The quantitative estimate of drug-likeness (QED) is 0.313. The van der Waals surface area contributed by atoms with Crippen LogP contribution in [-0.2, 0) is 14.3 Å². The van der Waals surface area contributed by atoms with E-state index in [9.17, 15) is 9.59 Å². The molecule has 6 nitrogen and oxygen atoms in total. The summed E-state index contributed by atoms with van der Waals surface area (Å²) in [5, 5.41) is 8.98. The van der Waals surface area contributed by atoms with Crippen LogP contribution >= 0.6 is 67.8 Å². The third-order valence-corrected chi connectivity index (χ3v) is 5.99. The monoisotopic (exact) mass is 687 g/mol. The van der Waals surface area contributed by atoms with Crippen LogP contribution in [0.1, 0.15) is 27.2 Å². The Morgan fingerprint density at radius 3 is 2.32 bits per heavy atom. The molecule has 25 heavy (non-hydrogen) atoms. The van der Waals surface area contributed by atoms with E-state index in [4.69, 9.17) is 14.6 Å². The first kappa shape index (κ1) is 23.1. The molecule has 0 aliphatic carbocycles. The molecule has 0 heterocycles. The summed E-state index contributed by atoms with van der Waals surface area (Å²) in [6.07, 6.45) is -0.412. The number of hydrogen-bond donors (Lipinski definition) is 1. The highest BCUT2D eigenvalue weighted by atomic mass is 127. The lowest BCUT2D eigenvalue weighted by Crippen LogP contribution is -2.30. The van der Waals surface area contributed by atoms with Crippen LogP contribution in [-0.4, -0.2) is 42.8 Å². The number of rotatable bonds is 9. The van der Waals surface area contributed by atoms with Gasteiger partial charge >= 0.3 is 5.97 Å². The van der Waals surface area contributed by atoms with Crippen molar-refractivity contribution in [3.8, 4) is 5.75 Å². The van der Waals surface area contributed by atoms with E-state index in [1.807, 2.05) is 13.0 Å². The lowest BCUT2D eigenvalue weighted by atomic mass is 10.2. The third kappa shape index (κ3) is 6.34. The Morgan fingerprint density at radius 2 is 1.84 bits per heavy atom. The number of halogens is 3. The van der Waals surface area contributed by atoms with Gasteiger partial charge in [-0.2, -0.15) is 0 Å². The van der Waals surface area contributed by atoms with E-state index >= 15 is 0 Å². The molecule has 0 bridgehead atoms. The smallest absolute Gasteiger partial charge is 0.332 e. The number of hydrogen-bond acceptors (Lipinski definition) is 4. The van der Waals surface area contributed by atoms with Crippen LogP contribution in [0.4, 0.5) is 5.69 Å². The highest BCUT2D eigenvalue weighted by Gasteiger charge is 2.22. The van der Waals surface area contributed by atoms with Gasteiger partial charge in [-0.3, -0.25) is 4.79 Å². The minimum atomic E-state index is -0.969. The number of carbonyl (C=O) groups is 2. The van der Waals surface area contributed by atoms with Gasteiger partial charge in [-0.1, -0.05) is 6.92 Å². The molecule has 0 radical (unpaired) electrons. The summed E-state index contributed by atoms with van der Waals surface area (Å²) in [6.45, 7) is 6.22. The Labute approximate surface area is 188 Å². The van der Waals surface area contributed by atoms with Crippen LogP contribution in [0.25, 0.3) is 0 Å². The standard InChI is InChI=1S/C16H20I3NO5/c1-4-12(16(22)23)24-6-7-25-15-11(18)8-10(17)14(13(15)19)20(5-2)9(3)21/h8,12H,4-7H2,1-3H3,(H,22,23). The molecular weight excluding hydrogens is 667 g/mol. The van der Waals surface area contributed by atoms with E-state index in [0.717, 1.165) is 16.4 Å². The second kappa shape index (κ2) is 11.1. The van der Waals surface area contributed by atoms with Crippen molar-refractivity contribution in [3.63, 3.8) is 0 Å². The Hall–Kier alpha value is 0.110. The second-order valence-corrected chi connectivity index (χ2v) is 8.45. The molecule has 1 aromatic rings. The molecule has 0 spiro atoms. The van der Waals surface area contributed by atoms with Gasteiger partial charge in [0.15, 0.2) is 6.10 Å². The van der Waals surface area contributed by atoms with E-state index < -0.39 is 12.1 Å². The van der Waals surface area contributed by atoms with Crippen molar-refractivity contribution in [3.05, 3.63) is 16.8 Å². The van der Waals surface area contributed by atoms with Crippen LogP contribution < -0.4 is 9.64 Å². The van der Waals surface area contributed by atoms with E-state index in [1.54, 1.807) is 18.7 Å². The zero-order valence-electron chi connectivity index (χ0n) is 14.1. The van der Waals surface area contributed by atoms with Crippen molar-refractivity contribution in [1.29, 1.82) is 0 Å². The molecule has 1 N–H and O–H groups in total. The number of ether oxygens (including phenoxy) is 2. The maximum absolute atomic E-state index is 11.9. The first-order chi connectivity index (χ1) is 11.7. The van der Waals surface area contributed by atoms with Gasteiger partial charge in [0.1, 0.15) is 12.4 Å². The number of anilines is 1. The molecule has 1 aromatic carbocycles. The van der Waals surface area contributed by atoms with Gasteiger partial charge in [0.2, 0.25) is 5.91 Å².